The molecular weight excluding hydrogens is 318 g/mol. The zero-order valence-electron chi connectivity index (χ0n) is 11.7. The fourth-order valence-electron chi connectivity index (χ4n) is 1.39. The maximum atomic E-state index is 11.9. The Balaban J connectivity index is 4.85. The standard InChI is InChI=1S/C11H19N3O7S/c1-4(15)8(10(19)13-6(3-22)11(20)21)14-9(18)5(12)2-7(16)17/h4-6,8,15,22H,2-3,12H2,1H3,(H,13,19)(H,14,18)(H,16,17)(H,20,21). The van der Waals surface area contributed by atoms with Crippen LogP contribution in [0.25, 0.3) is 0 Å². The maximum Gasteiger partial charge on any atom is 0.327 e. The van der Waals surface area contributed by atoms with Gasteiger partial charge in [0.05, 0.1) is 18.6 Å². The topological polar surface area (TPSA) is 179 Å². The number of nitrogens with one attached hydrogen (secondary N) is 2. The van der Waals surface area contributed by atoms with E-state index in [9.17, 15) is 24.3 Å². The van der Waals surface area contributed by atoms with Crippen molar-refractivity contribution in [3.8, 4) is 0 Å². The van der Waals surface area contributed by atoms with Crippen LogP contribution in [0.4, 0.5) is 0 Å². The highest BCUT2D eigenvalue weighted by molar-refractivity contribution is 7.80. The molecule has 0 saturated carbocycles. The van der Waals surface area contributed by atoms with Gasteiger partial charge >= 0.3 is 11.9 Å². The Morgan fingerprint density at radius 1 is 1.14 bits per heavy atom. The van der Waals surface area contributed by atoms with E-state index in [4.69, 9.17) is 15.9 Å². The van der Waals surface area contributed by atoms with E-state index in [0.29, 0.717) is 0 Å². The first-order valence-corrected chi connectivity index (χ1v) is 6.83. The molecule has 0 bridgehead atoms. The predicted molar refractivity (Wildman–Crippen MR) is 77.3 cm³/mol. The van der Waals surface area contributed by atoms with Crippen LogP contribution >= 0.6 is 12.6 Å². The number of rotatable bonds is 9. The zero-order valence-corrected chi connectivity index (χ0v) is 12.6. The van der Waals surface area contributed by atoms with Crippen LogP contribution in [-0.4, -0.2) is 69.1 Å². The van der Waals surface area contributed by atoms with Crippen molar-refractivity contribution >= 4 is 36.4 Å². The van der Waals surface area contributed by atoms with Crippen LogP contribution < -0.4 is 16.4 Å². The minimum absolute atomic E-state index is 0.194. The summed E-state index contributed by atoms with van der Waals surface area (Å²) in [6, 6.07) is -4.19. The van der Waals surface area contributed by atoms with Crippen LogP contribution in [0.5, 0.6) is 0 Å². The summed E-state index contributed by atoms with van der Waals surface area (Å²) in [6.45, 7) is 1.20. The first kappa shape index (κ1) is 20.1. The van der Waals surface area contributed by atoms with Gasteiger partial charge in [-0.25, -0.2) is 4.79 Å². The van der Waals surface area contributed by atoms with Gasteiger partial charge in [-0.1, -0.05) is 0 Å². The monoisotopic (exact) mass is 337 g/mol. The maximum absolute atomic E-state index is 11.9. The van der Waals surface area contributed by atoms with Gasteiger partial charge in [0.25, 0.3) is 0 Å². The third-order valence-corrected chi connectivity index (χ3v) is 2.96. The van der Waals surface area contributed by atoms with Crippen molar-refractivity contribution in [2.45, 2.75) is 37.6 Å². The summed E-state index contributed by atoms with van der Waals surface area (Å²) in [5.74, 6) is -4.74. The first-order chi connectivity index (χ1) is 10.1. The number of hydrogen-bond donors (Lipinski definition) is 7. The van der Waals surface area contributed by atoms with E-state index >= 15 is 0 Å². The number of carboxylic acids is 2. The summed E-state index contributed by atoms with van der Waals surface area (Å²) < 4.78 is 0. The Hall–Kier alpha value is -1.85. The molecule has 126 valence electrons. The fourth-order valence-corrected chi connectivity index (χ4v) is 1.64. The average Bonchev–Trinajstić information content (AvgIpc) is 2.39. The van der Waals surface area contributed by atoms with E-state index in [1.54, 1.807) is 0 Å². The number of aliphatic carboxylic acids is 2. The number of thiol groups is 1. The second-order valence-corrected chi connectivity index (χ2v) is 4.88. The lowest BCUT2D eigenvalue weighted by atomic mass is 10.1. The highest BCUT2D eigenvalue weighted by atomic mass is 32.1. The Kier molecular flexibility index (Phi) is 8.45. The van der Waals surface area contributed by atoms with Crippen LogP contribution in [-0.2, 0) is 19.2 Å². The van der Waals surface area contributed by atoms with Gasteiger partial charge in [0.1, 0.15) is 12.1 Å². The predicted octanol–water partition coefficient (Wildman–Crippen LogP) is -2.85. The molecule has 0 radical (unpaired) electrons. The van der Waals surface area contributed by atoms with Gasteiger partial charge < -0.3 is 31.7 Å². The number of hydrogen-bond acceptors (Lipinski definition) is 7. The zero-order chi connectivity index (χ0) is 17.4. The number of carbonyl (C=O) groups is 4. The Morgan fingerprint density at radius 3 is 2.05 bits per heavy atom. The average molecular weight is 337 g/mol. The van der Waals surface area contributed by atoms with Gasteiger partial charge in [-0.15, -0.1) is 0 Å². The summed E-state index contributed by atoms with van der Waals surface area (Å²) in [5, 5.41) is 31.0. The van der Waals surface area contributed by atoms with Crippen LogP contribution in [0.3, 0.4) is 0 Å². The van der Waals surface area contributed by atoms with Crippen LogP contribution in [0.1, 0.15) is 13.3 Å². The molecule has 0 aromatic carbocycles. The van der Waals surface area contributed by atoms with Gasteiger partial charge in [0, 0.05) is 5.75 Å². The lowest BCUT2D eigenvalue weighted by Crippen LogP contribution is -2.58. The van der Waals surface area contributed by atoms with E-state index < -0.39 is 54.4 Å². The lowest BCUT2D eigenvalue weighted by molar-refractivity contribution is -0.142. The molecule has 11 heteroatoms. The Labute approximate surface area is 131 Å². The summed E-state index contributed by atoms with van der Waals surface area (Å²) in [6.07, 6.45) is -2.01. The van der Waals surface area contributed by atoms with E-state index in [-0.39, 0.29) is 5.75 Å². The number of amides is 2. The molecule has 0 fully saturated rings. The normalized spacial score (nSPS) is 16.0. The third-order valence-electron chi connectivity index (χ3n) is 2.59. The molecule has 4 atom stereocenters. The molecule has 0 aromatic rings. The van der Waals surface area contributed by atoms with E-state index in [2.05, 4.69) is 23.3 Å². The van der Waals surface area contributed by atoms with Crippen LogP contribution in [0.15, 0.2) is 0 Å². The summed E-state index contributed by atoms with van der Waals surface area (Å²) in [4.78, 5) is 44.8. The summed E-state index contributed by atoms with van der Waals surface area (Å²) in [7, 11) is 0. The van der Waals surface area contributed by atoms with Crippen molar-refractivity contribution in [2.24, 2.45) is 5.73 Å². The highest BCUT2D eigenvalue weighted by Crippen LogP contribution is 1.99. The molecule has 0 aliphatic rings. The largest absolute Gasteiger partial charge is 0.481 e. The molecule has 10 nitrogen and oxygen atoms in total. The molecule has 0 heterocycles. The quantitative estimate of drug-likeness (QED) is 0.220. The molecule has 0 aliphatic carbocycles. The van der Waals surface area contributed by atoms with Crippen molar-refractivity contribution in [2.75, 3.05) is 5.75 Å². The molecule has 4 unspecified atom stereocenters. The third kappa shape index (κ3) is 6.74. The summed E-state index contributed by atoms with van der Waals surface area (Å²) >= 11 is 3.76. The fraction of sp³-hybridized carbons (Fsp3) is 0.636. The number of nitrogens with two attached hydrogens (primary N) is 1. The number of aliphatic hydroxyl groups is 1. The minimum atomic E-state index is -1.48. The second kappa shape index (κ2) is 9.23. The second-order valence-electron chi connectivity index (χ2n) is 4.51. The van der Waals surface area contributed by atoms with E-state index in [0.717, 1.165) is 0 Å². The first-order valence-electron chi connectivity index (χ1n) is 6.20. The lowest BCUT2D eigenvalue weighted by Gasteiger charge is -2.23. The highest BCUT2D eigenvalue weighted by Gasteiger charge is 2.30. The van der Waals surface area contributed by atoms with Crippen molar-refractivity contribution in [1.29, 1.82) is 0 Å². The van der Waals surface area contributed by atoms with Gasteiger partial charge in [-0.2, -0.15) is 12.6 Å². The SMILES string of the molecule is CC(O)C(NC(=O)C(N)CC(=O)O)C(=O)NC(CS)C(=O)O. The van der Waals surface area contributed by atoms with Crippen LogP contribution in [0, 0.1) is 0 Å². The van der Waals surface area contributed by atoms with E-state index in [1.165, 1.54) is 6.92 Å². The van der Waals surface area contributed by atoms with Crippen molar-refractivity contribution in [3.05, 3.63) is 0 Å². The molecule has 0 saturated heterocycles. The van der Waals surface area contributed by atoms with Gasteiger partial charge in [-0.3, -0.25) is 14.4 Å². The Bertz CT molecular complexity index is 443. The molecule has 0 aromatic heterocycles. The minimum Gasteiger partial charge on any atom is -0.481 e. The Morgan fingerprint density at radius 2 is 1.68 bits per heavy atom. The molecular formula is C11H19N3O7S. The molecule has 2 amide bonds. The molecule has 7 N–H and O–H groups in total. The molecule has 0 rings (SSSR count). The molecule has 22 heavy (non-hydrogen) atoms. The van der Waals surface area contributed by atoms with Crippen molar-refractivity contribution < 1.29 is 34.5 Å². The number of aliphatic hydroxyl groups excluding tert-OH is 1. The van der Waals surface area contributed by atoms with Crippen molar-refractivity contribution in [1.82, 2.24) is 10.6 Å². The van der Waals surface area contributed by atoms with Gasteiger partial charge in [-0.05, 0) is 6.92 Å². The van der Waals surface area contributed by atoms with Crippen molar-refractivity contribution in [3.63, 3.8) is 0 Å². The number of carboxylic acid groups (broad SMARTS) is 2. The number of carbonyl (C=O) groups excluding carboxylic acids is 2. The smallest absolute Gasteiger partial charge is 0.327 e. The van der Waals surface area contributed by atoms with Gasteiger partial charge in [0.2, 0.25) is 11.8 Å². The summed E-state index contributed by atoms with van der Waals surface area (Å²) in [5.41, 5.74) is 5.33. The van der Waals surface area contributed by atoms with E-state index in [1.807, 2.05) is 0 Å². The van der Waals surface area contributed by atoms with Crippen LogP contribution in [0.2, 0.25) is 0 Å². The molecule has 0 aliphatic heterocycles. The molecule has 0 spiro atoms. The van der Waals surface area contributed by atoms with Gasteiger partial charge in [0.15, 0.2) is 0 Å².